The highest BCUT2D eigenvalue weighted by molar-refractivity contribution is 5.78. The standard InChI is InChI=1S/C15H15N5O/c16-9-12-3-4-17-13(8-12)14-10-19(11-18-14)6-7-20-5-1-2-15(20)21/h3-4,8,10-11H,1-2,5-7H2. The van der Waals surface area contributed by atoms with Crippen LogP contribution < -0.4 is 0 Å². The lowest BCUT2D eigenvalue weighted by molar-refractivity contribution is -0.127. The SMILES string of the molecule is N#Cc1ccnc(-c2cn(CCN3CCCC3=O)cn2)c1. The van der Waals surface area contributed by atoms with Crippen molar-refractivity contribution in [2.24, 2.45) is 0 Å². The van der Waals surface area contributed by atoms with E-state index in [0.717, 1.165) is 25.2 Å². The van der Waals surface area contributed by atoms with Crippen molar-refractivity contribution in [3.8, 4) is 17.5 Å². The highest BCUT2D eigenvalue weighted by Gasteiger charge is 2.19. The average molecular weight is 281 g/mol. The molecule has 1 fully saturated rings. The molecule has 0 N–H and O–H groups in total. The maximum absolute atomic E-state index is 11.6. The van der Waals surface area contributed by atoms with Crippen molar-refractivity contribution in [1.82, 2.24) is 19.4 Å². The second kappa shape index (κ2) is 5.75. The molecule has 0 atom stereocenters. The zero-order chi connectivity index (χ0) is 14.7. The predicted octanol–water partition coefficient (Wildman–Crippen LogP) is 1.44. The maximum atomic E-state index is 11.6. The minimum absolute atomic E-state index is 0.235. The fraction of sp³-hybridized carbons (Fsp3) is 0.333. The van der Waals surface area contributed by atoms with Gasteiger partial charge in [-0.3, -0.25) is 9.78 Å². The van der Waals surface area contributed by atoms with Crippen molar-refractivity contribution in [3.63, 3.8) is 0 Å². The molecule has 2 aromatic rings. The number of nitrogens with zero attached hydrogens (tertiary/aromatic N) is 5. The van der Waals surface area contributed by atoms with Crippen LogP contribution in [0.15, 0.2) is 30.9 Å². The third-order valence-corrected chi connectivity index (χ3v) is 3.58. The van der Waals surface area contributed by atoms with E-state index in [9.17, 15) is 4.79 Å². The Balaban J connectivity index is 1.68. The van der Waals surface area contributed by atoms with Crippen molar-refractivity contribution in [1.29, 1.82) is 5.26 Å². The van der Waals surface area contributed by atoms with Gasteiger partial charge in [-0.1, -0.05) is 0 Å². The number of hydrogen-bond acceptors (Lipinski definition) is 4. The molecule has 0 unspecified atom stereocenters. The first-order valence-corrected chi connectivity index (χ1v) is 6.92. The third-order valence-electron chi connectivity index (χ3n) is 3.58. The molecule has 21 heavy (non-hydrogen) atoms. The van der Waals surface area contributed by atoms with E-state index in [1.54, 1.807) is 24.7 Å². The molecule has 0 saturated carbocycles. The van der Waals surface area contributed by atoms with Gasteiger partial charge in [-0.15, -0.1) is 0 Å². The molecule has 1 saturated heterocycles. The van der Waals surface area contributed by atoms with Crippen molar-refractivity contribution < 1.29 is 4.79 Å². The van der Waals surface area contributed by atoms with Gasteiger partial charge in [0.15, 0.2) is 0 Å². The molecule has 106 valence electrons. The van der Waals surface area contributed by atoms with Crippen LogP contribution in [0.2, 0.25) is 0 Å². The summed E-state index contributed by atoms with van der Waals surface area (Å²) >= 11 is 0. The lowest BCUT2D eigenvalue weighted by Gasteiger charge is -2.15. The van der Waals surface area contributed by atoms with E-state index in [2.05, 4.69) is 16.0 Å². The molecule has 0 radical (unpaired) electrons. The van der Waals surface area contributed by atoms with E-state index in [0.29, 0.717) is 24.2 Å². The Morgan fingerprint density at radius 2 is 2.19 bits per heavy atom. The largest absolute Gasteiger partial charge is 0.341 e. The number of nitriles is 1. The minimum Gasteiger partial charge on any atom is -0.341 e. The number of imidazole rings is 1. The Bertz CT molecular complexity index is 700. The molecule has 1 aliphatic heterocycles. The number of pyridine rings is 1. The topological polar surface area (TPSA) is 74.8 Å². The first kappa shape index (κ1) is 13.3. The van der Waals surface area contributed by atoms with Crippen LogP contribution in [0.25, 0.3) is 11.4 Å². The first-order chi connectivity index (χ1) is 10.3. The molecule has 0 spiro atoms. The van der Waals surface area contributed by atoms with Gasteiger partial charge in [0.1, 0.15) is 5.69 Å². The molecular weight excluding hydrogens is 266 g/mol. The second-order valence-corrected chi connectivity index (χ2v) is 5.02. The van der Waals surface area contributed by atoms with Crippen molar-refractivity contribution in [2.75, 3.05) is 13.1 Å². The Kier molecular flexibility index (Phi) is 3.65. The van der Waals surface area contributed by atoms with Crippen LogP contribution in [0.3, 0.4) is 0 Å². The van der Waals surface area contributed by atoms with Gasteiger partial charge in [0.25, 0.3) is 0 Å². The fourth-order valence-electron chi connectivity index (χ4n) is 2.43. The van der Waals surface area contributed by atoms with Gasteiger partial charge in [-0.2, -0.15) is 5.26 Å². The van der Waals surface area contributed by atoms with Crippen molar-refractivity contribution in [2.45, 2.75) is 19.4 Å². The molecule has 0 bridgehead atoms. The molecule has 1 amide bonds. The molecule has 3 rings (SSSR count). The Labute approximate surface area is 122 Å². The number of hydrogen-bond donors (Lipinski definition) is 0. The molecule has 0 aromatic carbocycles. The van der Waals surface area contributed by atoms with Gasteiger partial charge in [0.05, 0.1) is 23.7 Å². The first-order valence-electron chi connectivity index (χ1n) is 6.92. The molecule has 6 heteroatoms. The van der Waals surface area contributed by atoms with E-state index in [1.807, 2.05) is 15.7 Å². The summed E-state index contributed by atoms with van der Waals surface area (Å²) in [5.41, 5.74) is 1.99. The summed E-state index contributed by atoms with van der Waals surface area (Å²) in [6.45, 7) is 2.28. The predicted molar refractivity (Wildman–Crippen MR) is 76.0 cm³/mol. The van der Waals surface area contributed by atoms with Crippen molar-refractivity contribution in [3.05, 3.63) is 36.4 Å². The Hall–Kier alpha value is -2.68. The van der Waals surface area contributed by atoms with Gasteiger partial charge in [-0.25, -0.2) is 4.98 Å². The number of likely N-dealkylation sites (tertiary alicyclic amines) is 1. The van der Waals surface area contributed by atoms with E-state index in [1.165, 1.54) is 0 Å². The minimum atomic E-state index is 0.235. The average Bonchev–Trinajstić information content (AvgIpc) is 3.14. The summed E-state index contributed by atoms with van der Waals surface area (Å²) < 4.78 is 1.95. The summed E-state index contributed by atoms with van der Waals surface area (Å²) in [7, 11) is 0. The quantitative estimate of drug-likeness (QED) is 0.849. The third kappa shape index (κ3) is 2.92. The highest BCUT2D eigenvalue weighted by atomic mass is 16.2. The van der Waals surface area contributed by atoms with E-state index >= 15 is 0 Å². The molecule has 2 aromatic heterocycles. The van der Waals surface area contributed by atoms with E-state index < -0.39 is 0 Å². The van der Waals surface area contributed by atoms with E-state index in [-0.39, 0.29) is 5.91 Å². The smallest absolute Gasteiger partial charge is 0.222 e. The lowest BCUT2D eigenvalue weighted by atomic mass is 10.2. The van der Waals surface area contributed by atoms with Crippen LogP contribution in [0.5, 0.6) is 0 Å². The van der Waals surface area contributed by atoms with Gasteiger partial charge < -0.3 is 9.47 Å². The number of carbonyl (C=O) groups excluding carboxylic acids is 1. The van der Waals surface area contributed by atoms with Crippen LogP contribution in [0.1, 0.15) is 18.4 Å². The normalized spacial score (nSPS) is 14.4. The van der Waals surface area contributed by atoms with Crippen molar-refractivity contribution >= 4 is 5.91 Å². The second-order valence-electron chi connectivity index (χ2n) is 5.02. The Morgan fingerprint density at radius 3 is 2.95 bits per heavy atom. The van der Waals surface area contributed by atoms with Gasteiger partial charge >= 0.3 is 0 Å². The zero-order valence-corrected chi connectivity index (χ0v) is 11.6. The summed E-state index contributed by atoms with van der Waals surface area (Å²) in [6.07, 6.45) is 6.86. The lowest BCUT2D eigenvalue weighted by Crippen LogP contribution is -2.28. The summed E-state index contributed by atoms with van der Waals surface area (Å²) in [4.78, 5) is 22.0. The summed E-state index contributed by atoms with van der Waals surface area (Å²) in [6, 6.07) is 5.48. The van der Waals surface area contributed by atoms with Gasteiger partial charge in [-0.05, 0) is 18.6 Å². The molecular formula is C15H15N5O. The van der Waals surface area contributed by atoms with Crippen LogP contribution in [-0.2, 0) is 11.3 Å². The van der Waals surface area contributed by atoms with Crippen LogP contribution >= 0.6 is 0 Å². The number of aromatic nitrogens is 3. The number of carbonyl (C=O) groups is 1. The van der Waals surface area contributed by atoms with E-state index in [4.69, 9.17) is 5.26 Å². The number of amides is 1. The summed E-state index contributed by atoms with van der Waals surface area (Å²) in [5, 5.41) is 8.90. The molecule has 6 nitrogen and oxygen atoms in total. The fourth-order valence-corrected chi connectivity index (χ4v) is 2.43. The van der Waals surface area contributed by atoms with Crippen LogP contribution in [0, 0.1) is 11.3 Å². The highest BCUT2D eigenvalue weighted by Crippen LogP contribution is 2.15. The van der Waals surface area contributed by atoms with Crippen LogP contribution in [0.4, 0.5) is 0 Å². The van der Waals surface area contributed by atoms with Gasteiger partial charge in [0, 0.05) is 38.4 Å². The Morgan fingerprint density at radius 1 is 1.29 bits per heavy atom. The number of rotatable bonds is 4. The monoisotopic (exact) mass is 281 g/mol. The van der Waals surface area contributed by atoms with Crippen LogP contribution in [-0.4, -0.2) is 38.4 Å². The maximum Gasteiger partial charge on any atom is 0.222 e. The molecule has 1 aliphatic rings. The zero-order valence-electron chi connectivity index (χ0n) is 11.6. The molecule has 0 aliphatic carbocycles. The summed E-state index contributed by atoms with van der Waals surface area (Å²) in [5.74, 6) is 0.235. The molecule has 3 heterocycles. The van der Waals surface area contributed by atoms with Gasteiger partial charge in [0.2, 0.25) is 5.91 Å².